The maximum atomic E-state index is 15.9. The molecule has 0 bridgehead atoms. The first-order valence-corrected chi connectivity index (χ1v) is 11.3. The second-order valence-electron chi connectivity index (χ2n) is 7.76. The summed E-state index contributed by atoms with van der Waals surface area (Å²) in [6.07, 6.45) is -2.26. The lowest BCUT2D eigenvalue weighted by Crippen LogP contribution is -2.45. The summed E-state index contributed by atoms with van der Waals surface area (Å²) in [4.78, 5) is 24.0. The van der Waals surface area contributed by atoms with E-state index in [0.29, 0.717) is 11.3 Å². The zero-order valence-electron chi connectivity index (χ0n) is 17.8. The normalized spacial score (nSPS) is 33.0. The first-order valence-electron chi connectivity index (χ1n) is 9.94. The molecule has 2 fully saturated rings. The summed E-state index contributed by atoms with van der Waals surface area (Å²) in [6.45, 7) is 4.42. The summed E-state index contributed by atoms with van der Waals surface area (Å²) < 4.78 is 45.4. The van der Waals surface area contributed by atoms with E-state index in [4.69, 9.17) is 19.7 Å². The molecule has 5 N–H and O–H groups in total. The van der Waals surface area contributed by atoms with Crippen molar-refractivity contribution in [3.8, 4) is 0 Å². The number of hydrogen-bond acceptors (Lipinski definition) is 11. The number of nitrogens with one attached hydrogen (secondary N) is 2. The van der Waals surface area contributed by atoms with Crippen LogP contribution in [0.25, 0.3) is 11.2 Å². The third kappa shape index (κ3) is 3.33. The van der Waals surface area contributed by atoms with Gasteiger partial charge in [0, 0.05) is 7.05 Å². The Morgan fingerprint density at radius 1 is 1.53 bits per heavy atom. The molecular formula is C17H25FN7O6P. The van der Waals surface area contributed by atoms with E-state index in [9.17, 15) is 14.5 Å². The lowest BCUT2D eigenvalue weighted by Gasteiger charge is -2.30. The molecule has 2 aromatic heterocycles. The number of aliphatic hydroxyl groups is 1. The summed E-state index contributed by atoms with van der Waals surface area (Å²) in [5.74, 6) is -0.298. The standard InChI is InChI=1S/C17H25FN7O6P/c1-5-29-13(26)7(2)24-32(28)31-10-9-17(10,27)16(3,18)14(30-9)25-6-21-8-11(20-4)22-15(19)23-12(8)25/h6-7,9-10,14,27,32H,5H2,1-4H3,(H,24,28)(H3,19,20,22,23)/t7-,9-,10?,14-,16+,17+/m1/s1. The van der Waals surface area contributed by atoms with Gasteiger partial charge in [0.25, 0.3) is 8.18 Å². The van der Waals surface area contributed by atoms with E-state index in [1.807, 2.05) is 0 Å². The fraction of sp³-hybridized carbons (Fsp3) is 0.647. The van der Waals surface area contributed by atoms with Gasteiger partial charge in [0.2, 0.25) is 5.95 Å². The number of aromatic nitrogens is 4. The molecule has 4 rings (SSSR count). The second kappa shape index (κ2) is 7.89. The molecule has 7 atom stereocenters. The number of fused-ring (bicyclic) bond motifs is 2. The van der Waals surface area contributed by atoms with Gasteiger partial charge in [-0.15, -0.1) is 0 Å². The number of alkyl halides is 1. The van der Waals surface area contributed by atoms with Gasteiger partial charge in [-0.2, -0.15) is 9.97 Å². The number of carbonyl (C=O) groups is 1. The van der Waals surface area contributed by atoms with Gasteiger partial charge >= 0.3 is 5.97 Å². The van der Waals surface area contributed by atoms with E-state index in [-0.39, 0.29) is 18.2 Å². The molecule has 0 amide bonds. The van der Waals surface area contributed by atoms with Crippen molar-refractivity contribution in [2.75, 3.05) is 24.7 Å². The quantitative estimate of drug-likeness (QED) is 0.302. The monoisotopic (exact) mass is 473 g/mol. The first kappa shape index (κ1) is 22.8. The van der Waals surface area contributed by atoms with Crippen LogP contribution in [0.3, 0.4) is 0 Å². The molecular weight excluding hydrogens is 448 g/mol. The minimum absolute atomic E-state index is 0.0485. The van der Waals surface area contributed by atoms with Gasteiger partial charge in [-0.25, -0.2) is 14.5 Å². The van der Waals surface area contributed by atoms with Crippen LogP contribution < -0.4 is 16.1 Å². The molecule has 1 saturated heterocycles. The van der Waals surface area contributed by atoms with Crippen LogP contribution in [0.2, 0.25) is 0 Å². The number of imidazole rings is 1. The van der Waals surface area contributed by atoms with E-state index in [1.54, 1.807) is 14.0 Å². The molecule has 1 saturated carbocycles. The third-order valence-corrected chi connectivity index (χ3v) is 6.83. The van der Waals surface area contributed by atoms with Crippen molar-refractivity contribution in [2.45, 2.75) is 56.5 Å². The van der Waals surface area contributed by atoms with Gasteiger partial charge in [0.05, 0.1) is 12.9 Å². The summed E-state index contributed by atoms with van der Waals surface area (Å²) in [5, 5.41) is 16.3. The van der Waals surface area contributed by atoms with E-state index < -0.39 is 49.9 Å². The van der Waals surface area contributed by atoms with Gasteiger partial charge in [0.15, 0.2) is 34.5 Å². The number of ether oxygens (including phenoxy) is 2. The van der Waals surface area contributed by atoms with Crippen LogP contribution in [0.4, 0.5) is 16.2 Å². The van der Waals surface area contributed by atoms with E-state index in [1.165, 1.54) is 17.8 Å². The highest BCUT2D eigenvalue weighted by atomic mass is 31.1. The highest BCUT2D eigenvalue weighted by molar-refractivity contribution is 7.36. The molecule has 0 aromatic carbocycles. The summed E-state index contributed by atoms with van der Waals surface area (Å²) in [7, 11) is -1.38. The number of halogens is 1. The number of nitrogen functional groups attached to an aromatic ring is 1. The number of anilines is 2. The van der Waals surface area contributed by atoms with Crippen LogP contribution in [0.5, 0.6) is 0 Å². The number of esters is 1. The lowest BCUT2D eigenvalue weighted by atomic mass is 9.97. The summed E-state index contributed by atoms with van der Waals surface area (Å²) in [5.41, 5.74) is 1.89. The van der Waals surface area contributed by atoms with Crippen molar-refractivity contribution in [3.05, 3.63) is 6.33 Å². The molecule has 176 valence electrons. The smallest absolute Gasteiger partial charge is 0.323 e. The van der Waals surface area contributed by atoms with Gasteiger partial charge in [-0.05, 0) is 20.8 Å². The topological polar surface area (TPSA) is 176 Å². The molecule has 2 aromatic rings. The molecule has 0 radical (unpaired) electrons. The Hall–Kier alpha value is -2.38. The van der Waals surface area contributed by atoms with Gasteiger partial charge in [-0.3, -0.25) is 13.9 Å². The Balaban J connectivity index is 1.51. The average Bonchev–Trinajstić information content (AvgIpc) is 3.00. The fourth-order valence-corrected chi connectivity index (χ4v) is 4.99. The zero-order valence-corrected chi connectivity index (χ0v) is 18.8. The molecule has 3 heterocycles. The van der Waals surface area contributed by atoms with Crippen LogP contribution >= 0.6 is 8.18 Å². The zero-order chi connectivity index (χ0) is 23.4. The molecule has 0 spiro atoms. The minimum Gasteiger partial charge on any atom is -0.465 e. The Morgan fingerprint density at radius 2 is 2.25 bits per heavy atom. The van der Waals surface area contributed by atoms with Crippen molar-refractivity contribution in [1.29, 1.82) is 0 Å². The van der Waals surface area contributed by atoms with Crippen molar-refractivity contribution >= 4 is 37.1 Å². The van der Waals surface area contributed by atoms with Crippen LogP contribution in [0.1, 0.15) is 27.0 Å². The molecule has 15 heteroatoms. The predicted molar refractivity (Wildman–Crippen MR) is 111 cm³/mol. The number of hydrogen-bond donors (Lipinski definition) is 4. The number of nitrogens with two attached hydrogens (primary N) is 1. The van der Waals surface area contributed by atoms with Crippen LogP contribution in [-0.4, -0.2) is 73.8 Å². The SMILES string of the molecule is CCOC(=O)[C@@H](C)N[PH](=O)OC1[C@H]2O[C@@H](n3cnc4c(NC)nc(N)nc43)[C@](C)(F)[C@@]12O. The number of carbonyl (C=O) groups excluding carboxylic acids is 1. The molecule has 1 aliphatic heterocycles. The molecule has 13 nitrogen and oxygen atoms in total. The Labute approximate surface area is 182 Å². The average molecular weight is 473 g/mol. The Kier molecular flexibility index (Phi) is 5.62. The van der Waals surface area contributed by atoms with Crippen molar-refractivity contribution in [3.63, 3.8) is 0 Å². The highest BCUT2D eigenvalue weighted by Gasteiger charge is 2.84. The van der Waals surface area contributed by atoms with E-state index in [0.717, 1.165) is 6.92 Å². The molecule has 1 aliphatic carbocycles. The largest absolute Gasteiger partial charge is 0.465 e. The minimum atomic E-state index is -3.01. The fourth-order valence-electron chi connectivity index (χ4n) is 3.92. The predicted octanol–water partition coefficient (Wildman–Crippen LogP) is 0.137. The van der Waals surface area contributed by atoms with Crippen LogP contribution in [-0.2, 0) is 23.4 Å². The summed E-state index contributed by atoms with van der Waals surface area (Å²) in [6, 6.07) is -0.899. The Morgan fingerprint density at radius 3 is 2.84 bits per heavy atom. The molecule has 32 heavy (non-hydrogen) atoms. The van der Waals surface area contributed by atoms with Crippen molar-refractivity contribution in [1.82, 2.24) is 24.6 Å². The van der Waals surface area contributed by atoms with Gasteiger partial charge < -0.3 is 30.2 Å². The number of rotatable bonds is 8. The van der Waals surface area contributed by atoms with E-state index >= 15 is 4.39 Å². The van der Waals surface area contributed by atoms with E-state index in [2.05, 4.69) is 25.4 Å². The second-order valence-corrected chi connectivity index (χ2v) is 8.86. The van der Waals surface area contributed by atoms with Crippen LogP contribution in [0, 0.1) is 0 Å². The Bertz CT molecular complexity index is 1080. The number of nitrogens with zero attached hydrogens (tertiary/aromatic N) is 4. The summed E-state index contributed by atoms with van der Waals surface area (Å²) >= 11 is 0. The lowest BCUT2D eigenvalue weighted by molar-refractivity contribution is -0.144. The highest BCUT2D eigenvalue weighted by Crippen LogP contribution is 2.64. The third-order valence-electron chi connectivity index (χ3n) is 5.69. The van der Waals surface area contributed by atoms with Gasteiger partial charge in [0.1, 0.15) is 18.2 Å². The molecule has 2 aliphatic rings. The first-order chi connectivity index (χ1) is 15.1. The van der Waals surface area contributed by atoms with Crippen molar-refractivity contribution < 1.29 is 32.9 Å². The maximum absolute atomic E-state index is 15.9. The van der Waals surface area contributed by atoms with Gasteiger partial charge in [-0.1, -0.05) is 0 Å². The molecule has 2 unspecified atom stereocenters. The maximum Gasteiger partial charge on any atom is 0.323 e. The van der Waals surface area contributed by atoms with Crippen molar-refractivity contribution in [2.24, 2.45) is 0 Å². The van der Waals surface area contributed by atoms with Crippen LogP contribution in [0.15, 0.2) is 6.33 Å².